The number of nitrogens with zero attached hydrogens (tertiary/aromatic N) is 1. The summed E-state index contributed by atoms with van der Waals surface area (Å²) in [7, 11) is 2.18. The SMILES string of the molecule is CC(C)N[C@H]1CCN(C)Cc2ccc(Cl)cc21. The highest BCUT2D eigenvalue weighted by molar-refractivity contribution is 6.30. The van der Waals surface area contributed by atoms with Gasteiger partial charge in [0, 0.05) is 23.7 Å². The van der Waals surface area contributed by atoms with Gasteiger partial charge >= 0.3 is 0 Å². The Morgan fingerprint density at radius 1 is 1.41 bits per heavy atom. The second-order valence-electron chi connectivity index (χ2n) is 5.24. The van der Waals surface area contributed by atoms with Gasteiger partial charge in [0.05, 0.1) is 0 Å². The van der Waals surface area contributed by atoms with Crippen molar-refractivity contribution in [3.05, 3.63) is 34.3 Å². The van der Waals surface area contributed by atoms with Gasteiger partial charge in [0.2, 0.25) is 0 Å². The van der Waals surface area contributed by atoms with Gasteiger partial charge in [-0.1, -0.05) is 31.5 Å². The fourth-order valence-electron chi connectivity index (χ4n) is 2.48. The molecular weight excluding hydrogens is 232 g/mol. The lowest BCUT2D eigenvalue weighted by Gasteiger charge is -2.21. The molecule has 94 valence electrons. The molecule has 2 rings (SSSR count). The fraction of sp³-hybridized carbons (Fsp3) is 0.571. The van der Waals surface area contributed by atoms with Crippen LogP contribution in [0.25, 0.3) is 0 Å². The van der Waals surface area contributed by atoms with Crippen LogP contribution in [0.4, 0.5) is 0 Å². The lowest BCUT2D eigenvalue weighted by Crippen LogP contribution is -2.29. The smallest absolute Gasteiger partial charge is 0.0409 e. The largest absolute Gasteiger partial charge is 0.308 e. The van der Waals surface area contributed by atoms with Crippen molar-refractivity contribution in [1.82, 2.24) is 10.2 Å². The molecule has 1 aromatic rings. The summed E-state index contributed by atoms with van der Waals surface area (Å²) in [5.41, 5.74) is 2.77. The van der Waals surface area contributed by atoms with Crippen LogP contribution in [0.1, 0.15) is 37.4 Å². The molecule has 0 amide bonds. The first kappa shape index (κ1) is 12.9. The molecule has 0 spiro atoms. The Morgan fingerprint density at radius 3 is 2.88 bits per heavy atom. The Hall–Kier alpha value is -0.570. The molecular formula is C14H21ClN2. The minimum Gasteiger partial charge on any atom is -0.308 e. The van der Waals surface area contributed by atoms with Gasteiger partial charge < -0.3 is 10.2 Å². The molecule has 1 N–H and O–H groups in total. The van der Waals surface area contributed by atoms with Crippen LogP contribution in [-0.2, 0) is 6.54 Å². The maximum Gasteiger partial charge on any atom is 0.0409 e. The highest BCUT2D eigenvalue weighted by Crippen LogP contribution is 2.29. The van der Waals surface area contributed by atoms with Crippen molar-refractivity contribution in [2.24, 2.45) is 0 Å². The quantitative estimate of drug-likeness (QED) is 0.870. The number of fused-ring (bicyclic) bond motifs is 1. The minimum absolute atomic E-state index is 0.425. The number of halogens is 1. The van der Waals surface area contributed by atoms with E-state index in [4.69, 9.17) is 11.6 Å². The number of nitrogens with one attached hydrogen (secondary N) is 1. The highest BCUT2D eigenvalue weighted by Gasteiger charge is 2.21. The van der Waals surface area contributed by atoms with E-state index in [-0.39, 0.29) is 0 Å². The van der Waals surface area contributed by atoms with Crippen molar-refractivity contribution >= 4 is 11.6 Å². The van der Waals surface area contributed by atoms with E-state index in [1.807, 2.05) is 6.07 Å². The van der Waals surface area contributed by atoms with Crippen molar-refractivity contribution in [2.75, 3.05) is 13.6 Å². The summed E-state index contributed by atoms with van der Waals surface area (Å²) in [6.45, 7) is 6.52. The van der Waals surface area contributed by atoms with Crippen LogP contribution in [0.5, 0.6) is 0 Å². The van der Waals surface area contributed by atoms with E-state index in [0.717, 1.165) is 24.5 Å². The van der Waals surface area contributed by atoms with Crippen LogP contribution in [0.15, 0.2) is 18.2 Å². The molecule has 0 saturated carbocycles. The Labute approximate surface area is 109 Å². The van der Waals surface area contributed by atoms with Gasteiger partial charge in [0.25, 0.3) is 0 Å². The molecule has 1 aliphatic heterocycles. The first-order valence-corrected chi connectivity index (χ1v) is 6.67. The molecule has 0 fully saturated rings. The van der Waals surface area contributed by atoms with E-state index in [9.17, 15) is 0 Å². The van der Waals surface area contributed by atoms with Gasteiger partial charge in [-0.3, -0.25) is 0 Å². The molecule has 0 bridgehead atoms. The molecule has 1 aromatic carbocycles. The monoisotopic (exact) mass is 252 g/mol. The highest BCUT2D eigenvalue weighted by atomic mass is 35.5. The van der Waals surface area contributed by atoms with E-state index in [2.05, 4.69) is 43.2 Å². The average Bonchev–Trinajstić information content (AvgIpc) is 2.39. The first-order valence-electron chi connectivity index (χ1n) is 6.29. The Kier molecular flexibility index (Phi) is 4.08. The van der Waals surface area contributed by atoms with Gasteiger partial charge in [0.1, 0.15) is 0 Å². The van der Waals surface area contributed by atoms with E-state index in [1.165, 1.54) is 11.1 Å². The van der Waals surface area contributed by atoms with Gasteiger partial charge in [0.15, 0.2) is 0 Å². The van der Waals surface area contributed by atoms with Gasteiger partial charge in [-0.05, 0) is 43.3 Å². The Bertz CT molecular complexity index is 390. The number of rotatable bonds is 2. The van der Waals surface area contributed by atoms with Crippen LogP contribution in [0, 0.1) is 0 Å². The molecule has 0 unspecified atom stereocenters. The number of benzene rings is 1. The summed E-state index contributed by atoms with van der Waals surface area (Å²) in [4.78, 5) is 2.37. The number of hydrogen-bond acceptors (Lipinski definition) is 2. The van der Waals surface area contributed by atoms with Crippen LogP contribution in [-0.4, -0.2) is 24.5 Å². The van der Waals surface area contributed by atoms with E-state index in [0.29, 0.717) is 12.1 Å². The van der Waals surface area contributed by atoms with Crippen molar-refractivity contribution in [3.63, 3.8) is 0 Å². The molecule has 1 aliphatic rings. The molecule has 3 heteroatoms. The topological polar surface area (TPSA) is 15.3 Å². The third-order valence-electron chi connectivity index (χ3n) is 3.26. The second kappa shape index (κ2) is 5.38. The van der Waals surface area contributed by atoms with Crippen LogP contribution < -0.4 is 5.32 Å². The molecule has 0 aliphatic carbocycles. The second-order valence-corrected chi connectivity index (χ2v) is 5.68. The molecule has 2 nitrogen and oxygen atoms in total. The third-order valence-corrected chi connectivity index (χ3v) is 3.49. The zero-order valence-electron chi connectivity index (χ0n) is 10.8. The van der Waals surface area contributed by atoms with Gasteiger partial charge in [-0.25, -0.2) is 0 Å². The zero-order valence-corrected chi connectivity index (χ0v) is 11.6. The predicted octanol–water partition coefficient (Wildman–Crippen LogP) is 3.21. The van der Waals surface area contributed by atoms with Gasteiger partial charge in [-0.15, -0.1) is 0 Å². The average molecular weight is 253 g/mol. The Morgan fingerprint density at radius 2 is 2.18 bits per heavy atom. The zero-order chi connectivity index (χ0) is 12.4. The summed E-state index contributed by atoms with van der Waals surface area (Å²) in [6, 6.07) is 7.19. The predicted molar refractivity (Wildman–Crippen MR) is 73.4 cm³/mol. The molecule has 0 radical (unpaired) electrons. The molecule has 17 heavy (non-hydrogen) atoms. The molecule has 1 atom stereocenters. The normalized spacial score (nSPS) is 21.4. The third kappa shape index (κ3) is 3.21. The van der Waals surface area contributed by atoms with Crippen LogP contribution >= 0.6 is 11.6 Å². The molecule has 0 aromatic heterocycles. The van der Waals surface area contributed by atoms with Crippen molar-refractivity contribution < 1.29 is 0 Å². The maximum atomic E-state index is 6.13. The summed E-state index contributed by atoms with van der Waals surface area (Å²) >= 11 is 6.13. The summed E-state index contributed by atoms with van der Waals surface area (Å²) in [5.74, 6) is 0. The van der Waals surface area contributed by atoms with E-state index < -0.39 is 0 Å². The maximum absolute atomic E-state index is 6.13. The summed E-state index contributed by atoms with van der Waals surface area (Å²) in [6.07, 6.45) is 1.14. The molecule has 1 heterocycles. The van der Waals surface area contributed by atoms with Crippen LogP contribution in [0.3, 0.4) is 0 Å². The first-order chi connectivity index (χ1) is 8.06. The van der Waals surface area contributed by atoms with Crippen molar-refractivity contribution in [3.8, 4) is 0 Å². The van der Waals surface area contributed by atoms with Crippen molar-refractivity contribution in [1.29, 1.82) is 0 Å². The molecule has 0 saturated heterocycles. The minimum atomic E-state index is 0.425. The van der Waals surface area contributed by atoms with Gasteiger partial charge in [-0.2, -0.15) is 0 Å². The van der Waals surface area contributed by atoms with Crippen molar-refractivity contribution in [2.45, 2.75) is 38.9 Å². The number of hydrogen-bond donors (Lipinski definition) is 1. The van der Waals surface area contributed by atoms with E-state index >= 15 is 0 Å². The van der Waals surface area contributed by atoms with Crippen LogP contribution in [0.2, 0.25) is 5.02 Å². The Balaban J connectivity index is 2.33. The summed E-state index contributed by atoms with van der Waals surface area (Å²) in [5, 5.41) is 4.48. The summed E-state index contributed by atoms with van der Waals surface area (Å²) < 4.78 is 0. The fourth-order valence-corrected chi connectivity index (χ4v) is 2.67. The van der Waals surface area contributed by atoms with E-state index in [1.54, 1.807) is 0 Å². The lowest BCUT2D eigenvalue weighted by atomic mass is 9.99. The lowest BCUT2D eigenvalue weighted by molar-refractivity contribution is 0.313. The standard InChI is InChI=1S/C14H21ClN2/c1-10(2)16-14-6-7-17(3)9-11-4-5-12(15)8-13(11)14/h4-5,8,10,14,16H,6-7,9H2,1-3H3/t14-/m0/s1.